The van der Waals surface area contributed by atoms with Crippen molar-refractivity contribution in [3.8, 4) is 0 Å². The topological polar surface area (TPSA) is 91.3 Å². The third-order valence-electron chi connectivity index (χ3n) is 3.56. The van der Waals surface area contributed by atoms with Gasteiger partial charge in [-0.15, -0.1) is 0 Å². The van der Waals surface area contributed by atoms with Gasteiger partial charge in [-0.3, -0.25) is 4.79 Å². The Morgan fingerprint density at radius 3 is 2.60 bits per heavy atom. The lowest BCUT2D eigenvalue weighted by atomic mass is 10.1. The predicted octanol–water partition coefficient (Wildman–Crippen LogP) is 3.96. The molecule has 1 aromatic carbocycles. The number of benzene rings is 1. The molecule has 0 fully saturated rings. The molecule has 2 aromatic rings. The van der Waals surface area contributed by atoms with Crippen molar-refractivity contribution < 1.29 is 14.7 Å². The molecule has 3 N–H and O–H groups in total. The number of carbonyl (C=O) groups excluding carboxylic acids is 1. The highest BCUT2D eigenvalue weighted by Crippen LogP contribution is 2.21. The summed E-state index contributed by atoms with van der Waals surface area (Å²) in [6.45, 7) is 3.77. The number of hydrogen-bond acceptors (Lipinski definition) is 3. The third kappa shape index (κ3) is 5.34. The summed E-state index contributed by atoms with van der Waals surface area (Å²) in [5.41, 5.74) is 2.49. The van der Waals surface area contributed by atoms with E-state index in [1.807, 2.05) is 26.0 Å². The molecule has 2 amide bonds. The van der Waals surface area contributed by atoms with E-state index in [0.29, 0.717) is 10.6 Å². The zero-order valence-electron chi connectivity index (χ0n) is 13.6. The van der Waals surface area contributed by atoms with Crippen LogP contribution in [0, 0.1) is 6.92 Å². The average molecular weight is 382 g/mol. The molecule has 0 aliphatic heterocycles. The summed E-state index contributed by atoms with van der Waals surface area (Å²) in [6, 6.07) is 8.26. The fraction of sp³-hybridized carbons (Fsp3) is 0.235. The maximum absolute atomic E-state index is 12.4. The number of carbonyl (C=O) groups is 2. The second-order valence-electron chi connectivity index (χ2n) is 5.55. The number of aryl methyl sites for hydroxylation is 1. The molecular weight excluding hydrogens is 365 g/mol. The highest BCUT2D eigenvalue weighted by atomic mass is 35.5. The largest absolute Gasteiger partial charge is 0.465 e. The van der Waals surface area contributed by atoms with E-state index >= 15 is 0 Å². The first-order valence-electron chi connectivity index (χ1n) is 7.46. The van der Waals surface area contributed by atoms with Crippen molar-refractivity contribution in [2.75, 3.05) is 0 Å². The number of nitrogens with one attached hydrogen (secondary N) is 2. The molecular formula is C17H17Cl2N3O3. The molecule has 0 bridgehead atoms. The van der Waals surface area contributed by atoms with Crippen LogP contribution < -0.4 is 10.6 Å². The molecule has 1 aromatic heterocycles. The molecule has 132 valence electrons. The molecule has 0 spiro atoms. The first kappa shape index (κ1) is 19.0. The van der Waals surface area contributed by atoms with Crippen LogP contribution in [0.15, 0.2) is 30.3 Å². The summed E-state index contributed by atoms with van der Waals surface area (Å²) in [5.74, 6) is -0.404. The van der Waals surface area contributed by atoms with Crippen LogP contribution in [0.1, 0.15) is 40.1 Å². The van der Waals surface area contributed by atoms with E-state index in [0.717, 1.165) is 11.1 Å². The summed E-state index contributed by atoms with van der Waals surface area (Å²) in [7, 11) is 0. The average Bonchev–Trinajstić information content (AvgIpc) is 2.54. The number of pyridine rings is 1. The van der Waals surface area contributed by atoms with Crippen molar-refractivity contribution in [1.82, 2.24) is 15.6 Å². The lowest BCUT2D eigenvalue weighted by molar-refractivity contribution is 0.0934. The summed E-state index contributed by atoms with van der Waals surface area (Å²) in [4.78, 5) is 27.0. The van der Waals surface area contributed by atoms with Crippen LogP contribution >= 0.6 is 23.2 Å². The van der Waals surface area contributed by atoms with Crippen molar-refractivity contribution in [2.45, 2.75) is 26.4 Å². The maximum atomic E-state index is 12.4. The van der Waals surface area contributed by atoms with Gasteiger partial charge in [0.05, 0.1) is 6.04 Å². The normalized spacial score (nSPS) is 11.7. The van der Waals surface area contributed by atoms with Crippen LogP contribution in [0.2, 0.25) is 10.2 Å². The number of hydrogen-bond donors (Lipinski definition) is 3. The zero-order chi connectivity index (χ0) is 18.6. The first-order chi connectivity index (χ1) is 11.8. The molecule has 1 heterocycles. The number of halogens is 2. The number of rotatable bonds is 5. The van der Waals surface area contributed by atoms with Gasteiger partial charge in [0.15, 0.2) is 0 Å². The van der Waals surface area contributed by atoms with Crippen LogP contribution in [-0.4, -0.2) is 22.1 Å². The number of carboxylic acid groups (broad SMARTS) is 1. The maximum Gasteiger partial charge on any atom is 0.404 e. The number of nitrogens with zero attached hydrogens (tertiary/aromatic N) is 1. The van der Waals surface area contributed by atoms with E-state index in [-0.39, 0.29) is 23.4 Å². The van der Waals surface area contributed by atoms with Gasteiger partial charge >= 0.3 is 6.09 Å². The first-order valence-corrected chi connectivity index (χ1v) is 8.22. The van der Waals surface area contributed by atoms with Crippen LogP contribution in [-0.2, 0) is 6.54 Å². The van der Waals surface area contributed by atoms with Crippen LogP contribution in [0.4, 0.5) is 4.79 Å². The molecule has 0 aliphatic rings. The molecule has 8 heteroatoms. The van der Waals surface area contributed by atoms with Gasteiger partial charge in [-0.05, 0) is 48.7 Å². The molecule has 0 saturated heterocycles. The van der Waals surface area contributed by atoms with Gasteiger partial charge in [0, 0.05) is 11.6 Å². The fourth-order valence-corrected chi connectivity index (χ4v) is 2.59. The van der Waals surface area contributed by atoms with Gasteiger partial charge in [0.2, 0.25) is 0 Å². The van der Waals surface area contributed by atoms with E-state index in [1.165, 1.54) is 12.1 Å². The second kappa shape index (κ2) is 8.18. The van der Waals surface area contributed by atoms with Gasteiger partial charge < -0.3 is 15.7 Å². The van der Waals surface area contributed by atoms with Crippen LogP contribution in [0.3, 0.4) is 0 Å². The Morgan fingerprint density at radius 2 is 1.96 bits per heavy atom. The fourth-order valence-electron chi connectivity index (χ4n) is 2.24. The Balaban J connectivity index is 2.13. The lowest BCUT2D eigenvalue weighted by Crippen LogP contribution is -2.28. The van der Waals surface area contributed by atoms with Crippen molar-refractivity contribution in [1.29, 1.82) is 0 Å². The van der Waals surface area contributed by atoms with Crippen molar-refractivity contribution in [2.24, 2.45) is 0 Å². The molecule has 1 unspecified atom stereocenters. The SMILES string of the molecule is Cc1cc(C(C)NC(=O)c2cc(CNC(=O)O)cc(Cl)n2)ccc1Cl. The predicted molar refractivity (Wildman–Crippen MR) is 96.2 cm³/mol. The summed E-state index contributed by atoms with van der Waals surface area (Å²) >= 11 is 11.9. The molecule has 2 rings (SSSR count). The van der Waals surface area contributed by atoms with Crippen LogP contribution in [0.25, 0.3) is 0 Å². The second-order valence-corrected chi connectivity index (χ2v) is 6.34. The van der Waals surface area contributed by atoms with E-state index < -0.39 is 12.0 Å². The minimum absolute atomic E-state index is 0.0315. The number of aromatic nitrogens is 1. The van der Waals surface area contributed by atoms with E-state index in [4.69, 9.17) is 28.3 Å². The molecule has 0 aliphatic carbocycles. The van der Waals surface area contributed by atoms with E-state index in [2.05, 4.69) is 15.6 Å². The van der Waals surface area contributed by atoms with Crippen molar-refractivity contribution in [3.05, 3.63) is 62.9 Å². The van der Waals surface area contributed by atoms with E-state index in [1.54, 1.807) is 6.07 Å². The van der Waals surface area contributed by atoms with Crippen molar-refractivity contribution >= 4 is 35.2 Å². The van der Waals surface area contributed by atoms with Gasteiger partial charge in [-0.25, -0.2) is 9.78 Å². The number of amides is 2. The summed E-state index contributed by atoms with van der Waals surface area (Å²) in [6.07, 6.45) is -1.16. The highest BCUT2D eigenvalue weighted by Gasteiger charge is 2.15. The van der Waals surface area contributed by atoms with Gasteiger partial charge in [0.1, 0.15) is 10.8 Å². The Kier molecular flexibility index (Phi) is 6.22. The Labute approximate surface area is 155 Å². The quantitative estimate of drug-likeness (QED) is 0.683. The summed E-state index contributed by atoms with van der Waals surface area (Å²) < 4.78 is 0. The van der Waals surface area contributed by atoms with E-state index in [9.17, 15) is 9.59 Å². The Bertz CT molecular complexity index is 812. The third-order valence-corrected chi connectivity index (χ3v) is 4.18. The molecule has 0 saturated carbocycles. The summed E-state index contributed by atoms with van der Waals surface area (Å²) in [5, 5.41) is 14.5. The molecule has 25 heavy (non-hydrogen) atoms. The smallest absolute Gasteiger partial charge is 0.404 e. The Morgan fingerprint density at radius 1 is 1.24 bits per heavy atom. The Hall–Kier alpha value is -2.31. The highest BCUT2D eigenvalue weighted by molar-refractivity contribution is 6.31. The molecule has 1 atom stereocenters. The minimum atomic E-state index is -1.16. The van der Waals surface area contributed by atoms with Crippen LogP contribution in [0.5, 0.6) is 0 Å². The minimum Gasteiger partial charge on any atom is -0.465 e. The zero-order valence-corrected chi connectivity index (χ0v) is 15.1. The standard InChI is InChI=1S/C17H17Cl2N3O3/c1-9-5-12(3-4-13(9)18)10(2)21-16(23)14-6-11(7-15(19)22-14)8-20-17(24)25/h3-7,10,20H,8H2,1-2H3,(H,21,23)(H,24,25). The lowest BCUT2D eigenvalue weighted by Gasteiger charge is -2.15. The van der Waals surface area contributed by atoms with Crippen molar-refractivity contribution in [3.63, 3.8) is 0 Å². The molecule has 0 radical (unpaired) electrons. The van der Waals surface area contributed by atoms with Gasteiger partial charge in [-0.1, -0.05) is 35.3 Å². The van der Waals surface area contributed by atoms with Gasteiger partial charge in [-0.2, -0.15) is 0 Å². The molecule has 6 nitrogen and oxygen atoms in total. The monoisotopic (exact) mass is 381 g/mol. The van der Waals surface area contributed by atoms with Gasteiger partial charge in [0.25, 0.3) is 5.91 Å².